The monoisotopic (exact) mass is 523 g/mol. The van der Waals surface area contributed by atoms with Crippen molar-refractivity contribution in [2.75, 3.05) is 26.2 Å². The second-order valence-electron chi connectivity index (χ2n) is 9.94. The molecule has 1 saturated heterocycles. The van der Waals surface area contributed by atoms with Crippen LogP contribution in [-0.4, -0.2) is 58.0 Å². The number of aromatic nitrogens is 3. The Bertz CT molecular complexity index is 1690. The number of fused-ring (bicyclic) bond motifs is 3. The summed E-state index contributed by atoms with van der Waals surface area (Å²) in [7, 11) is 0. The molecule has 7 nitrogen and oxygen atoms in total. The van der Waals surface area contributed by atoms with E-state index >= 15 is 0 Å². The lowest BCUT2D eigenvalue weighted by molar-refractivity contribution is -0.138. The number of benzene rings is 2. The highest BCUT2D eigenvalue weighted by atomic mass is 35.5. The van der Waals surface area contributed by atoms with Crippen molar-refractivity contribution in [2.24, 2.45) is 0 Å². The van der Waals surface area contributed by atoms with Gasteiger partial charge in [-0.15, -0.1) is 0 Å². The van der Waals surface area contributed by atoms with Gasteiger partial charge >= 0.3 is 0 Å². The number of carbonyl (C=O) groups excluding carboxylic acids is 1. The summed E-state index contributed by atoms with van der Waals surface area (Å²) in [4.78, 5) is 27.8. The van der Waals surface area contributed by atoms with E-state index in [9.17, 15) is 4.79 Å². The molecule has 0 spiro atoms. The first-order valence-electron chi connectivity index (χ1n) is 12.9. The molecule has 2 N–H and O–H groups in total. The highest BCUT2D eigenvalue weighted by molar-refractivity contribution is 6.31. The topological polar surface area (TPSA) is 83.1 Å². The van der Waals surface area contributed by atoms with Gasteiger partial charge in [0.1, 0.15) is 11.4 Å². The van der Waals surface area contributed by atoms with Gasteiger partial charge in [-0.3, -0.25) is 9.78 Å². The largest absolute Gasteiger partial charge is 0.479 e. The normalized spacial score (nSPS) is 17.1. The second-order valence-corrected chi connectivity index (χ2v) is 10.4. The Morgan fingerprint density at radius 2 is 1.87 bits per heavy atom. The molecule has 5 aromatic rings. The van der Waals surface area contributed by atoms with E-state index < -0.39 is 6.10 Å². The maximum Gasteiger partial charge on any atom is 0.264 e. The molecule has 5 heterocycles. The van der Waals surface area contributed by atoms with Crippen molar-refractivity contribution in [3.8, 4) is 16.9 Å². The fraction of sp³-hybridized carbons (Fsp3) is 0.233. The summed E-state index contributed by atoms with van der Waals surface area (Å²) in [5.41, 5.74) is 5.61. The first-order valence-corrected chi connectivity index (χ1v) is 13.3. The van der Waals surface area contributed by atoms with Gasteiger partial charge in [0.25, 0.3) is 5.91 Å². The average Bonchev–Trinajstić information content (AvgIpc) is 3.56. The van der Waals surface area contributed by atoms with Crippen LogP contribution in [0.5, 0.6) is 5.75 Å². The van der Waals surface area contributed by atoms with E-state index in [0.29, 0.717) is 31.0 Å². The zero-order chi connectivity index (χ0) is 25.6. The number of H-pyrrole nitrogens is 1. The summed E-state index contributed by atoms with van der Waals surface area (Å²) in [6.45, 7) is 3.02. The Morgan fingerprint density at radius 1 is 1.03 bits per heavy atom. The Balaban J connectivity index is 1.22. The minimum absolute atomic E-state index is 0.0384. The Morgan fingerprint density at radius 3 is 2.74 bits per heavy atom. The van der Waals surface area contributed by atoms with Crippen LogP contribution in [0.25, 0.3) is 32.9 Å². The van der Waals surface area contributed by atoms with Crippen LogP contribution in [0.2, 0.25) is 5.02 Å². The third-order valence-electron chi connectivity index (χ3n) is 7.44. The Hall–Kier alpha value is -3.94. The fourth-order valence-corrected chi connectivity index (χ4v) is 5.82. The number of rotatable bonds is 4. The maximum absolute atomic E-state index is 13.2. The van der Waals surface area contributed by atoms with Gasteiger partial charge in [0, 0.05) is 89.7 Å². The van der Waals surface area contributed by atoms with Gasteiger partial charge in [-0.2, -0.15) is 0 Å². The summed E-state index contributed by atoms with van der Waals surface area (Å²) >= 11 is 6.57. The van der Waals surface area contributed by atoms with Gasteiger partial charge in [-0.25, -0.2) is 4.98 Å². The van der Waals surface area contributed by atoms with Crippen molar-refractivity contribution in [1.29, 1.82) is 0 Å². The van der Waals surface area contributed by atoms with Gasteiger partial charge < -0.3 is 19.9 Å². The summed E-state index contributed by atoms with van der Waals surface area (Å²) in [6.07, 6.45) is 4.36. The van der Waals surface area contributed by atoms with Crippen LogP contribution in [0.15, 0.2) is 67.0 Å². The third kappa shape index (κ3) is 4.18. The first-order chi connectivity index (χ1) is 18.6. The summed E-state index contributed by atoms with van der Waals surface area (Å²) < 4.78 is 6.34. The van der Waals surface area contributed by atoms with Gasteiger partial charge in [0.05, 0.1) is 0 Å². The van der Waals surface area contributed by atoms with Crippen molar-refractivity contribution in [1.82, 2.24) is 25.2 Å². The predicted molar refractivity (Wildman–Crippen MR) is 149 cm³/mol. The van der Waals surface area contributed by atoms with Crippen LogP contribution < -0.4 is 10.1 Å². The van der Waals surface area contributed by atoms with Crippen LogP contribution >= 0.6 is 11.6 Å². The molecule has 7 rings (SSSR count). The quantitative estimate of drug-likeness (QED) is 0.355. The van der Waals surface area contributed by atoms with Crippen LogP contribution in [0.1, 0.15) is 17.0 Å². The molecule has 1 atom stereocenters. The summed E-state index contributed by atoms with van der Waals surface area (Å²) in [5, 5.41) is 7.19. The van der Waals surface area contributed by atoms with Gasteiger partial charge in [-0.1, -0.05) is 35.9 Å². The number of aromatic amines is 1. The molecule has 3 aromatic heterocycles. The van der Waals surface area contributed by atoms with E-state index in [1.54, 1.807) is 6.20 Å². The Labute approximate surface area is 224 Å². The number of nitrogens with zero attached hydrogens (tertiary/aromatic N) is 3. The molecule has 0 unspecified atom stereocenters. The summed E-state index contributed by atoms with van der Waals surface area (Å²) in [5.74, 6) is 0.769. The number of pyridine rings is 2. The van der Waals surface area contributed by atoms with Crippen LogP contribution in [0, 0.1) is 0 Å². The van der Waals surface area contributed by atoms with Gasteiger partial charge in [0.15, 0.2) is 6.10 Å². The lowest BCUT2D eigenvalue weighted by Gasteiger charge is -2.29. The highest BCUT2D eigenvalue weighted by Crippen LogP contribution is 2.43. The Kier molecular flexibility index (Phi) is 5.75. The molecule has 0 saturated carbocycles. The lowest BCUT2D eigenvalue weighted by atomic mass is 9.99. The minimum Gasteiger partial charge on any atom is -0.479 e. The molecule has 1 amide bonds. The molecular weight excluding hydrogens is 498 g/mol. The number of hydrogen-bond donors (Lipinski definition) is 2. The molecular formula is C30H26ClN5O2. The first kappa shape index (κ1) is 23.2. The number of amides is 1. The van der Waals surface area contributed by atoms with E-state index in [4.69, 9.17) is 16.3 Å². The predicted octanol–water partition coefficient (Wildman–Crippen LogP) is 4.76. The fourth-order valence-electron chi connectivity index (χ4n) is 5.58. The molecule has 2 aliphatic rings. The maximum atomic E-state index is 13.2. The van der Waals surface area contributed by atoms with Crippen molar-refractivity contribution < 1.29 is 9.53 Å². The minimum atomic E-state index is -0.529. The number of carbonyl (C=O) groups is 1. The molecule has 2 aliphatic heterocycles. The van der Waals surface area contributed by atoms with Crippen molar-refractivity contribution in [3.05, 3.63) is 89.0 Å². The average molecular weight is 524 g/mol. The zero-order valence-corrected chi connectivity index (χ0v) is 21.5. The van der Waals surface area contributed by atoms with Gasteiger partial charge in [0.2, 0.25) is 0 Å². The van der Waals surface area contributed by atoms with Gasteiger partial charge in [-0.05, 0) is 41.3 Å². The highest BCUT2D eigenvalue weighted by Gasteiger charge is 2.35. The number of piperazine rings is 1. The van der Waals surface area contributed by atoms with E-state index in [1.165, 1.54) is 5.39 Å². The second kappa shape index (κ2) is 9.42. The molecule has 2 aromatic carbocycles. The van der Waals surface area contributed by atoms with Crippen LogP contribution in [0.4, 0.5) is 0 Å². The standard InChI is InChI=1S/C30H26ClN5O2/c31-21-11-20-13-27(30(37)36-9-7-32-8-10-36)38-28(20)25(14-21)24-5-6-33-29-26(24)16-23(35-29)15-22-12-18-3-1-2-4-19(18)17-34-22/h1-6,11-12,14,16-17,27,32H,7-10,13,15H2,(H,33,35)/t27-/m0/s1. The number of ether oxygens (including phenoxy) is 1. The van der Waals surface area contributed by atoms with E-state index in [0.717, 1.165) is 63.3 Å². The van der Waals surface area contributed by atoms with Crippen LogP contribution in [-0.2, 0) is 17.6 Å². The molecule has 0 bridgehead atoms. The smallest absolute Gasteiger partial charge is 0.264 e. The molecule has 0 radical (unpaired) electrons. The number of halogens is 1. The molecule has 8 heteroatoms. The van der Waals surface area contributed by atoms with E-state index in [1.807, 2.05) is 41.4 Å². The number of nitrogens with one attached hydrogen (secondary N) is 2. The number of hydrogen-bond acceptors (Lipinski definition) is 5. The SMILES string of the molecule is O=C([C@@H]1Cc2cc(Cl)cc(-c3ccnc4[nH]c(Cc5cc6ccccc6cn5)cc34)c2O1)N1CCNCC1. The molecule has 190 valence electrons. The summed E-state index contributed by atoms with van der Waals surface area (Å²) in [6, 6.07) is 18.3. The molecule has 38 heavy (non-hydrogen) atoms. The van der Waals surface area contributed by atoms with E-state index in [2.05, 4.69) is 44.5 Å². The molecule has 1 fully saturated rings. The van der Waals surface area contributed by atoms with E-state index in [-0.39, 0.29) is 5.91 Å². The van der Waals surface area contributed by atoms with Crippen molar-refractivity contribution in [3.63, 3.8) is 0 Å². The van der Waals surface area contributed by atoms with Crippen molar-refractivity contribution in [2.45, 2.75) is 18.9 Å². The lowest BCUT2D eigenvalue weighted by Crippen LogP contribution is -2.50. The zero-order valence-electron chi connectivity index (χ0n) is 20.7. The van der Waals surface area contributed by atoms with Crippen LogP contribution in [0.3, 0.4) is 0 Å². The third-order valence-corrected chi connectivity index (χ3v) is 7.66. The van der Waals surface area contributed by atoms with Crippen molar-refractivity contribution >= 4 is 39.3 Å². The molecule has 0 aliphatic carbocycles.